The predicted molar refractivity (Wildman–Crippen MR) is 285 cm³/mol. The summed E-state index contributed by atoms with van der Waals surface area (Å²) in [5.41, 5.74) is 2.55. The van der Waals surface area contributed by atoms with Gasteiger partial charge in [0.1, 0.15) is 43.2 Å². The Morgan fingerprint density at radius 3 is 1.36 bits per heavy atom. The lowest BCUT2D eigenvalue weighted by Crippen LogP contribution is -2.66. The molecule has 0 amide bonds. The number of ether oxygens (including phenoxy) is 12. The fourth-order valence-corrected chi connectivity index (χ4v) is 9.51. The molecule has 2 aliphatic heterocycles. The predicted octanol–water partition coefficient (Wildman–Crippen LogP) is 8.26. The summed E-state index contributed by atoms with van der Waals surface area (Å²) in [6.45, 7) is 2.37. The summed E-state index contributed by atoms with van der Waals surface area (Å²) < 4.78 is 106. The van der Waals surface area contributed by atoms with E-state index in [9.17, 15) is 27.6 Å². The number of esters is 4. The van der Waals surface area contributed by atoms with Crippen molar-refractivity contribution in [3.05, 3.63) is 108 Å². The van der Waals surface area contributed by atoms with E-state index in [0.29, 0.717) is 38.5 Å². The second-order valence-corrected chi connectivity index (χ2v) is 21.1. The van der Waals surface area contributed by atoms with Gasteiger partial charge in [-0.05, 0) is 42.4 Å². The minimum atomic E-state index is -4.01. The van der Waals surface area contributed by atoms with Gasteiger partial charge in [0.25, 0.3) is 10.1 Å². The summed E-state index contributed by atoms with van der Waals surface area (Å²) in [4.78, 5) is 49.1. The average molecular weight is 1120 g/mol. The van der Waals surface area contributed by atoms with Crippen LogP contribution in [0.15, 0.2) is 91.0 Å². The van der Waals surface area contributed by atoms with Crippen LogP contribution in [0.2, 0.25) is 0 Å². The van der Waals surface area contributed by atoms with Gasteiger partial charge in [-0.1, -0.05) is 142 Å². The van der Waals surface area contributed by atoms with Crippen molar-refractivity contribution in [1.82, 2.24) is 0 Å². The highest BCUT2D eigenvalue weighted by Crippen LogP contribution is 2.37. The first-order chi connectivity index (χ1) is 37.7. The smallest absolute Gasteiger partial charge is 0.305 e. The zero-order valence-corrected chi connectivity index (χ0v) is 46.8. The van der Waals surface area contributed by atoms with Crippen molar-refractivity contribution in [1.29, 1.82) is 0 Å². The Morgan fingerprint density at radius 1 is 0.462 bits per heavy atom. The van der Waals surface area contributed by atoms with Crippen LogP contribution in [0, 0.1) is 0 Å². The fraction of sp³-hybridized carbons (Fsp3) is 0.621. The van der Waals surface area contributed by atoms with Gasteiger partial charge in [0.15, 0.2) is 24.8 Å². The molecule has 2 saturated heterocycles. The van der Waals surface area contributed by atoms with Crippen molar-refractivity contribution in [2.45, 2.75) is 185 Å². The van der Waals surface area contributed by atoms with Crippen LogP contribution in [0.4, 0.5) is 0 Å². The van der Waals surface area contributed by atoms with Crippen molar-refractivity contribution in [3.63, 3.8) is 0 Å². The first-order valence-corrected chi connectivity index (χ1v) is 29.0. The summed E-state index contributed by atoms with van der Waals surface area (Å²) >= 11 is 0. The van der Waals surface area contributed by atoms with Gasteiger partial charge in [0.05, 0.1) is 46.9 Å². The molecule has 0 radical (unpaired) electrons. The van der Waals surface area contributed by atoms with Gasteiger partial charge < -0.3 is 56.8 Å². The maximum Gasteiger partial charge on any atom is 0.305 e. The maximum atomic E-state index is 13.3. The summed E-state index contributed by atoms with van der Waals surface area (Å²) in [5, 5.41) is 0. The van der Waals surface area contributed by atoms with E-state index in [2.05, 4.69) is 0 Å². The van der Waals surface area contributed by atoms with E-state index < -0.39 is 90.1 Å². The highest BCUT2D eigenvalue weighted by Gasteiger charge is 2.55. The molecule has 0 unspecified atom stereocenters. The van der Waals surface area contributed by atoms with Crippen LogP contribution in [-0.2, 0) is 110 Å². The maximum absolute atomic E-state index is 13.3. The molecule has 19 nitrogen and oxygen atoms in total. The summed E-state index contributed by atoms with van der Waals surface area (Å²) in [6.07, 6.45) is -0.764. The largest absolute Gasteiger partial charge is 0.469 e. The lowest BCUT2D eigenvalue weighted by atomic mass is 9.96. The molecule has 0 aliphatic carbocycles. The van der Waals surface area contributed by atoms with Crippen LogP contribution < -0.4 is 0 Å². The molecule has 0 saturated carbocycles. The average Bonchev–Trinajstić information content (AvgIpc) is 3.45. The molecule has 2 fully saturated rings. The van der Waals surface area contributed by atoms with Crippen LogP contribution >= 0.6 is 0 Å². The monoisotopic (exact) mass is 1110 g/mol. The number of methoxy groups -OCH3 is 2. The Bertz CT molecular complexity index is 2270. The highest BCUT2D eigenvalue weighted by molar-refractivity contribution is 7.86. The van der Waals surface area contributed by atoms with E-state index in [1.54, 1.807) is 0 Å². The molecular formula is C58H82O19S. The number of unbranched alkanes of at least 4 members (excludes halogenated alkanes) is 10. The first kappa shape index (κ1) is 64.0. The fourth-order valence-electron chi connectivity index (χ4n) is 9.13. The molecule has 78 heavy (non-hydrogen) atoms. The van der Waals surface area contributed by atoms with Gasteiger partial charge in [-0.15, -0.1) is 0 Å². The van der Waals surface area contributed by atoms with E-state index in [4.69, 9.17) is 61.0 Å². The minimum Gasteiger partial charge on any atom is -0.469 e. The second kappa shape index (κ2) is 35.7. The van der Waals surface area contributed by atoms with Crippen molar-refractivity contribution in [2.24, 2.45) is 0 Å². The topological polar surface area (TPSA) is 222 Å². The number of hydrogen-bond donors (Lipinski definition) is 0. The standard InChI is InChI=1S/C58H82O19S/c1-42(59)69-40-47-51(70-37-44-27-17-14-18-28-44)53(71-38-45-29-19-15-20-30-45)55(72-39-46-31-21-16-22-32-46)58(76-47)77-56-54(74-43(2)60)52(67-35-25-12-8-6-10-23-33-49(61)65-3)48(41-73-78(5,63)64)75-57(56)68-36-26-13-9-7-11-24-34-50(62)66-4/h14-22,27-32,47-48,51-58H,6-13,23-26,33-41H2,1-5H3/t47-,48-,51-,52-,53+,54+,55-,56-,57+,58+/m1/s1. The quantitative estimate of drug-likeness (QED) is 0.0229. The number of rotatable bonds is 37. The van der Waals surface area contributed by atoms with Crippen molar-refractivity contribution >= 4 is 34.0 Å². The molecule has 2 aliphatic rings. The number of hydrogen-bond acceptors (Lipinski definition) is 19. The van der Waals surface area contributed by atoms with Crippen molar-refractivity contribution < 1.29 is 88.6 Å². The van der Waals surface area contributed by atoms with Gasteiger partial charge in [0.2, 0.25) is 0 Å². The molecule has 10 atom stereocenters. The molecule has 5 rings (SSSR count). The van der Waals surface area contributed by atoms with E-state index in [1.165, 1.54) is 28.1 Å². The minimum absolute atomic E-state index is 0.0685. The van der Waals surface area contributed by atoms with Gasteiger partial charge >= 0.3 is 23.9 Å². The lowest BCUT2D eigenvalue weighted by molar-refractivity contribution is -0.378. The molecule has 20 heteroatoms. The van der Waals surface area contributed by atoms with E-state index in [0.717, 1.165) is 74.3 Å². The molecule has 3 aromatic carbocycles. The Balaban J connectivity index is 1.52. The molecule has 0 aromatic heterocycles. The second-order valence-electron chi connectivity index (χ2n) is 19.4. The third-order valence-electron chi connectivity index (χ3n) is 13.1. The van der Waals surface area contributed by atoms with E-state index in [1.807, 2.05) is 91.0 Å². The summed E-state index contributed by atoms with van der Waals surface area (Å²) in [6, 6.07) is 28.6. The van der Waals surface area contributed by atoms with Crippen molar-refractivity contribution in [3.8, 4) is 0 Å². The lowest BCUT2D eigenvalue weighted by Gasteiger charge is -2.49. The SMILES string of the molecule is COC(=O)CCCCCCCCO[C@H]1O[C@H](COS(C)(=O)=O)[C@@H](OCCCCCCCCC(=O)OC)[C@H](OC(C)=O)[C@H]1O[C@@H]1O[C@H](COC(C)=O)[C@@H](OCc2ccccc2)[C@H](OCc2ccccc2)[C@H]1OCc1ccccc1. The van der Waals surface area contributed by atoms with Crippen LogP contribution in [0.3, 0.4) is 0 Å². The van der Waals surface area contributed by atoms with E-state index in [-0.39, 0.29) is 51.6 Å². The van der Waals surface area contributed by atoms with Gasteiger partial charge in [-0.3, -0.25) is 23.4 Å². The molecule has 0 bridgehead atoms. The number of benzene rings is 3. The molecule has 2 heterocycles. The van der Waals surface area contributed by atoms with Crippen LogP contribution in [0.5, 0.6) is 0 Å². The van der Waals surface area contributed by atoms with E-state index >= 15 is 0 Å². The van der Waals surface area contributed by atoms with Crippen molar-refractivity contribution in [2.75, 3.05) is 46.9 Å². The molecule has 0 spiro atoms. The highest BCUT2D eigenvalue weighted by atomic mass is 32.2. The van der Waals surface area contributed by atoms with Crippen LogP contribution in [0.25, 0.3) is 0 Å². The third-order valence-corrected chi connectivity index (χ3v) is 13.7. The Hall–Kier alpha value is -4.87. The number of carbonyl (C=O) groups is 4. The number of carbonyl (C=O) groups excluding carboxylic acids is 4. The molecule has 3 aromatic rings. The summed E-state index contributed by atoms with van der Waals surface area (Å²) in [7, 11) is -1.27. The Kier molecular flexibility index (Phi) is 29.3. The summed E-state index contributed by atoms with van der Waals surface area (Å²) in [5.74, 6) is -1.75. The normalized spacial score (nSPS) is 23.3. The van der Waals surface area contributed by atoms with Gasteiger partial charge in [-0.2, -0.15) is 8.42 Å². The zero-order valence-electron chi connectivity index (χ0n) is 45.9. The van der Waals surface area contributed by atoms with Crippen LogP contribution in [0.1, 0.15) is 120 Å². The van der Waals surface area contributed by atoms with Crippen LogP contribution in [-0.4, -0.2) is 141 Å². The molecule has 0 N–H and O–H groups in total. The Labute approximate surface area is 460 Å². The Morgan fingerprint density at radius 2 is 0.885 bits per heavy atom. The van der Waals surface area contributed by atoms with Gasteiger partial charge in [0, 0.05) is 39.9 Å². The third kappa shape index (κ3) is 23.8. The first-order valence-electron chi connectivity index (χ1n) is 27.2. The zero-order chi connectivity index (χ0) is 56.0. The molecular weight excluding hydrogens is 1030 g/mol. The van der Waals surface area contributed by atoms with Gasteiger partial charge in [-0.25, -0.2) is 0 Å². The molecule has 434 valence electrons.